The fourth-order valence-corrected chi connectivity index (χ4v) is 2.98. The topological polar surface area (TPSA) is 61.8 Å². The van der Waals surface area contributed by atoms with Gasteiger partial charge in [0.15, 0.2) is 0 Å². The Morgan fingerprint density at radius 3 is 3.00 bits per heavy atom. The van der Waals surface area contributed by atoms with Crippen molar-refractivity contribution in [2.45, 2.75) is 25.0 Å². The number of ether oxygens (including phenoxy) is 1. The lowest BCUT2D eigenvalue weighted by Crippen LogP contribution is -2.60. The number of hydrogen-bond acceptors (Lipinski definition) is 4. The molecule has 0 bridgehead atoms. The maximum atomic E-state index is 12.0. The maximum absolute atomic E-state index is 12.0. The van der Waals surface area contributed by atoms with E-state index in [0.717, 1.165) is 31.5 Å². The molecule has 2 N–H and O–H groups in total. The van der Waals surface area contributed by atoms with Crippen LogP contribution < -0.4 is 5.32 Å². The molecule has 5 heteroatoms. The number of phenolic OH excluding ortho intramolecular Hbond substituents is 1. The quantitative estimate of drug-likeness (QED) is 0.841. The van der Waals surface area contributed by atoms with Crippen LogP contribution in [0.2, 0.25) is 0 Å². The molecule has 2 fully saturated rings. The second-order valence-corrected chi connectivity index (χ2v) is 5.63. The zero-order valence-corrected chi connectivity index (χ0v) is 11.5. The Hall–Kier alpha value is -1.59. The molecule has 0 aliphatic carbocycles. The van der Waals surface area contributed by atoms with E-state index in [2.05, 4.69) is 5.32 Å². The SMILES string of the molecule is O=C1COC2(CCCNC2)CN1Cc1ccccc1O. The fourth-order valence-electron chi connectivity index (χ4n) is 2.98. The second kappa shape index (κ2) is 5.42. The number of nitrogens with one attached hydrogen (secondary N) is 1. The molecule has 1 spiro atoms. The molecule has 2 aliphatic heterocycles. The summed E-state index contributed by atoms with van der Waals surface area (Å²) >= 11 is 0. The summed E-state index contributed by atoms with van der Waals surface area (Å²) in [6.45, 7) is 2.97. The zero-order chi connectivity index (χ0) is 14.0. The van der Waals surface area contributed by atoms with Crippen LogP contribution in [0.5, 0.6) is 5.75 Å². The molecule has 1 atom stereocenters. The number of hydrogen-bond donors (Lipinski definition) is 2. The van der Waals surface area contributed by atoms with Crippen LogP contribution in [-0.4, -0.2) is 47.8 Å². The number of piperidine rings is 1. The van der Waals surface area contributed by atoms with Crippen LogP contribution >= 0.6 is 0 Å². The fraction of sp³-hybridized carbons (Fsp3) is 0.533. The maximum Gasteiger partial charge on any atom is 0.249 e. The van der Waals surface area contributed by atoms with E-state index in [1.54, 1.807) is 17.0 Å². The molecule has 3 rings (SSSR count). The Morgan fingerprint density at radius 2 is 2.25 bits per heavy atom. The lowest BCUT2D eigenvalue weighted by atomic mass is 9.91. The summed E-state index contributed by atoms with van der Waals surface area (Å²) in [6.07, 6.45) is 2.04. The van der Waals surface area contributed by atoms with Crippen molar-refractivity contribution >= 4 is 5.91 Å². The molecule has 2 heterocycles. The standard InChI is InChI=1S/C15H20N2O3/c18-13-5-2-1-4-12(13)8-17-11-15(20-9-14(17)19)6-3-7-16-10-15/h1-2,4-5,16,18H,3,6-11H2. The molecule has 5 nitrogen and oxygen atoms in total. The van der Waals surface area contributed by atoms with Crippen molar-refractivity contribution in [2.24, 2.45) is 0 Å². The van der Waals surface area contributed by atoms with Crippen LogP contribution in [0.15, 0.2) is 24.3 Å². The van der Waals surface area contributed by atoms with Crippen molar-refractivity contribution in [2.75, 3.05) is 26.2 Å². The normalized spacial score (nSPS) is 27.0. The van der Waals surface area contributed by atoms with Gasteiger partial charge in [0.05, 0.1) is 12.1 Å². The average Bonchev–Trinajstić information content (AvgIpc) is 2.47. The van der Waals surface area contributed by atoms with Crippen molar-refractivity contribution in [1.29, 1.82) is 0 Å². The van der Waals surface area contributed by atoms with Crippen molar-refractivity contribution in [3.63, 3.8) is 0 Å². The first-order valence-corrected chi connectivity index (χ1v) is 7.08. The molecule has 1 amide bonds. The van der Waals surface area contributed by atoms with E-state index >= 15 is 0 Å². The average molecular weight is 276 g/mol. The number of phenols is 1. The first-order valence-electron chi connectivity index (χ1n) is 7.08. The van der Waals surface area contributed by atoms with E-state index in [-0.39, 0.29) is 23.9 Å². The number of benzene rings is 1. The van der Waals surface area contributed by atoms with Crippen LogP contribution in [-0.2, 0) is 16.1 Å². The van der Waals surface area contributed by atoms with Crippen LogP contribution in [0.25, 0.3) is 0 Å². The number of morpholine rings is 1. The van der Waals surface area contributed by atoms with Gasteiger partial charge in [0.1, 0.15) is 12.4 Å². The third-order valence-corrected chi connectivity index (χ3v) is 4.12. The van der Waals surface area contributed by atoms with Gasteiger partial charge in [0.2, 0.25) is 5.91 Å². The highest BCUT2D eigenvalue weighted by Gasteiger charge is 2.40. The van der Waals surface area contributed by atoms with Gasteiger partial charge in [-0.1, -0.05) is 18.2 Å². The Bertz CT molecular complexity index is 498. The number of carbonyl (C=O) groups excluding carboxylic acids is 1. The zero-order valence-electron chi connectivity index (χ0n) is 11.5. The van der Waals surface area contributed by atoms with Gasteiger partial charge in [-0.25, -0.2) is 0 Å². The minimum atomic E-state index is -0.253. The van der Waals surface area contributed by atoms with Crippen molar-refractivity contribution in [1.82, 2.24) is 10.2 Å². The number of rotatable bonds is 2. The third-order valence-electron chi connectivity index (χ3n) is 4.12. The smallest absolute Gasteiger partial charge is 0.249 e. The van der Waals surface area contributed by atoms with Gasteiger partial charge in [-0.15, -0.1) is 0 Å². The highest BCUT2D eigenvalue weighted by Crippen LogP contribution is 2.28. The van der Waals surface area contributed by atoms with E-state index in [1.165, 1.54) is 0 Å². The minimum Gasteiger partial charge on any atom is -0.508 e. The number of amides is 1. The monoisotopic (exact) mass is 276 g/mol. The van der Waals surface area contributed by atoms with Crippen LogP contribution in [0.1, 0.15) is 18.4 Å². The highest BCUT2D eigenvalue weighted by molar-refractivity contribution is 5.78. The highest BCUT2D eigenvalue weighted by atomic mass is 16.5. The summed E-state index contributed by atoms with van der Waals surface area (Å²) in [4.78, 5) is 13.8. The molecule has 2 saturated heterocycles. The Morgan fingerprint density at radius 1 is 1.40 bits per heavy atom. The first kappa shape index (κ1) is 13.4. The Labute approximate surface area is 118 Å². The number of para-hydroxylation sites is 1. The molecule has 1 unspecified atom stereocenters. The van der Waals surface area contributed by atoms with Gasteiger partial charge < -0.3 is 20.1 Å². The second-order valence-electron chi connectivity index (χ2n) is 5.63. The van der Waals surface area contributed by atoms with Crippen LogP contribution in [0.3, 0.4) is 0 Å². The van der Waals surface area contributed by atoms with E-state index in [4.69, 9.17) is 4.74 Å². The molecular formula is C15H20N2O3. The Kier molecular flexibility index (Phi) is 3.63. The summed E-state index contributed by atoms with van der Waals surface area (Å²) in [6, 6.07) is 7.16. The molecule has 2 aliphatic rings. The van der Waals surface area contributed by atoms with E-state index in [0.29, 0.717) is 13.1 Å². The largest absolute Gasteiger partial charge is 0.508 e. The van der Waals surface area contributed by atoms with Crippen molar-refractivity contribution in [3.8, 4) is 5.75 Å². The molecule has 1 aromatic carbocycles. The van der Waals surface area contributed by atoms with E-state index in [9.17, 15) is 9.90 Å². The number of nitrogens with zero attached hydrogens (tertiary/aromatic N) is 1. The lowest BCUT2D eigenvalue weighted by molar-refractivity contribution is -0.167. The molecule has 108 valence electrons. The van der Waals surface area contributed by atoms with E-state index < -0.39 is 0 Å². The van der Waals surface area contributed by atoms with Gasteiger partial charge in [0.25, 0.3) is 0 Å². The summed E-state index contributed by atoms with van der Waals surface area (Å²) < 4.78 is 5.80. The molecule has 20 heavy (non-hydrogen) atoms. The molecule has 1 aromatic rings. The van der Waals surface area contributed by atoms with Gasteiger partial charge in [-0.05, 0) is 25.5 Å². The van der Waals surface area contributed by atoms with E-state index in [1.807, 2.05) is 12.1 Å². The van der Waals surface area contributed by atoms with Gasteiger partial charge >= 0.3 is 0 Å². The van der Waals surface area contributed by atoms with Crippen LogP contribution in [0.4, 0.5) is 0 Å². The summed E-state index contributed by atoms with van der Waals surface area (Å²) in [5, 5.41) is 13.2. The van der Waals surface area contributed by atoms with Crippen molar-refractivity contribution in [3.05, 3.63) is 29.8 Å². The predicted molar refractivity (Wildman–Crippen MR) is 74.3 cm³/mol. The summed E-state index contributed by atoms with van der Waals surface area (Å²) in [5.41, 5.74) is 0.526. The summed E-state index contributed by atoms with van der Waals surface area (Å²) in [5.74, 6) is 0.229. The predicted octanol–water partition coefficient (Wildman–Crippen LogP) is 0.873. The third kappa shape index (κ3) is 2.64. The Balaban J connectivity index is 1.74. The first-order chi connectivity index (χ1) is 9.69. The van der Waals surface area contributed by atoms with Gasteiger partial charge in [-0.3, -0.25) is 4.79 Å². The molecule has 0 aromatic heterocycles. The van der Waals surface area contributed by atoms with Crippen LogP contribution in [0, 0.1) is 0 Å². The van der Waals surface area contributed by atoms with Gasteiger partial charge in [0, 0.05) is 18.7 Å². The molecule has 0 saturated carbocycles. The van der Waals surface area contributed by atoms with Gasteiger partial charge in [-0.2, -0.15) is 0 Å². The lowest BCUT2D eigenvalue weighted by Gasteiger charge is -2.44. The van der Waals surface area contributed by atoms with Crippen molar-refractivity contribution < 1.29 is 14.6 Å². The molecule has 0 radical (unpaired) electrons. The minimum absolute atomic E-state index is 0.00977. The number of aromatic hydroxyl groups is 1. The summed E-state index contributed by atoms with van der Waals surface area (Å²) in [7, 11) is 0. The number of carbonyl (C=O) groups is 1. The molecular weight excluding hydrogens is 256 g/mol.